The minimum atomic E-state index is -4.62. The number of nitrogens with zero attached hydrogens (tertiary/aromatic N) is 2. The maximum atomic E-state index is 12.9. The number of halogens is 3. The van der Waals surface area contributed by atoms with Crippen molar-refractivity contribution in [2.24, 2.45) is 0 Å². The van der Waals surface area contributed by atoms with Gasteiger partial charge in [0.25, 0.3) is 0 Å². The number of carbonyl (C=O) groups is 1. The van der Waals surface area contributed by atoms with Crippen molar-refractivity contribution in [3.63, 3.8) is 0 Å². The van der Waals surface area contributed by atoms with Crippen molar-refractivity contribution < 1.29 is 23.1 Å². The smallest absolute Gasteiger partial charge is 0.418 e. The summed E-state index contributed by atoms with van der Waals surface area (Å²) in [7, 11) is 0. The molecule has 4 nitrogen and oxygen atoms in total. The fraction of sp³-hybridized carbons (Fsp3) is 0.0769. The molecule has 0 unspecified atom stereocenters. The molecule has 0 saturated heterocycles. The van der Waals surface area contributed by atoms with Crippen LogP contribution in [0.5, 0.6) is 0 Å². The second kappa shape index (κ2) is 4.74. The standard InChI is InChI=1S/C13H7F3N2O2/c14-13(15,16)9-3-1-2-4-10(9)18-6-5-8(7-17)11(18)12(19)20/h1-6H,(H,19,20). The molecule has 0 spiro atoms. The predicted octanol–water partition coefficient (Wildman–Crippen LogP) is 3.07. The summed E-state index contributed by atoms with van der Waals surface area (Å²) in [5.41, 5.74) is -2.00. The lowest BCUT2D eigenvalue weighted by Gasteiger charge is -2.14. The molecule has 0 fully saturated rings. The molecule has 1 aromatic carbocycles. The first-order chi connectivity index (χ1) is 9.36. The van der Waals surface area contributed by atoms with Crippen LogP contribution in [-0.4, -0.2) is 15.6 Å². The highest BCUT2D eigenvalue weighted by Gasteiger charge is 2.34. The zero-order chi connectivity index (χ0) is 14.9. The van der Waals surface area contributed by atoms with Crippen molar-refractivity contribution in [1.82, 2.24) is 4.57 Å². The number of benzene rings is 1. The summed E-state index contributed by atoms with van der Waals surface area (Å²) in [5, 5.41) is 17.9. The molecule has 0 atom stereocenters. The fourth-order valence-electron chi connectivity index (χ4n) is 1.86. The van der Waals surface area contributed by atoms with Crippen LogP contribution >= 0.6 is 0 Å². The van der Waals surface area contributed by atoms with Gasteiger partial charge in [-0.1, -0.05) is 12.1 Å². The molecular formula is C13H7F3N2O2. The summed E-state index contributed by atoms with van der Waals surface area (Å²) in [6.45, 7) is 0. The van der Waals surface area contributed by atoms with Gasteiger partial charge in [0.15, 0.2) is 0 Å². The highest BCUT2D eigenvalue weighted by atomic mass is 19.4. The largest absolute Gasteiger partial charge is 0.477 e. The van der Waals surface area contributed by atoms with Gasteiger partial charge in [-0.15, -0.1) is 0 Å². The maximum Gasteiger partial charge on any atom is 0.418 e. The van der Waals surface area contributed by atoms with Gasteiger partial charge < -0.3 is 9.67 Å². The van der Waals surface area contributed by atoms with Crippen LogP contribution < -0.4 is 0 Å². The summed E-state index contributed by atoms with van der Waals surface area (Å²) < 4.78 is 39.6. The molecule has 0 aliphatic heterocycles. The van der Waals surface area contributed by atoms with Gasteiger partial charge in [0.1, 0.15) is 11.8 Å². The van der Waals surface area contributed by atoms with Gasteiger partial charge in [0, 0.05) is 6.20 Å². The molecule has 2 aromatic rings. The highest BCUT2D eigenvalue weighted by Crippen LogP contribution is 2.34. The van der Waals surface area contributed by atoms with Gasteiger partial charge in [0.05, 0.1) is 16.8 Å². The van der Waals surface area contributed by atoms with Crippen LogP contribution in [0.4, 0.5) is 13.2 Å². The normalized spacial score (nSPS) is 11.1. The molecule has 102 valence electrons. The first kappa shape index (κ1) is 13.7. The summed E-state index contributed by atoms with van der Waals surface area (Å²) in [5.74, 6) is -1.47. The van der Waals surface area contributed by atoms with E-state index in [0.29, 0.717) is 0 Å². The minimum absolute atomic E-state index is 0.200. The molecular weight excluding hydrogens is 273 g/mol. The van der Waals surface area contributed by atoms with E-state index < -0.39 is 23.4 Å². The lowest BCUT2D eigenvalue weighted by molar-refractivity contribution is -0.137. The molecule has 0 radical (unpaired) electrons. The molecule has 0 saturated carbocycles. The van der Waals surface area contributed by atoms with E-state index >= 15 is 0 Å². The molecule has 1 aromatic heterocycles. The summed E-state index contributed by atoms with van der Waals surface area (Å²) >= 11 is 0. The van der Waals surface area contributed by atoms with E-state index in [2.05, 4.69) is 0 Å². The number of aromatic nitrogens is 1. The van der Waals surface area contributed by atoms with Gasteiger partial charge in [-0.2, -0.15) is 18.4 Å². The summed E-state index contributed by atoms with van der Waals surface area (Å²) in [6.07, 6.45) is -3.49. The monoisotopic (exact) mass is 280 g/mol. The van der Waals surface area contributed by atoms with E-state index in [0.717, 1.165) is 29.0 Å². The number of hydrogen-bond acceptors (Lipinski definition) is 2. The molecule has 0 amide bonds. The summed E-state index contributed by atoms with van der Waals surface area (Å²) in [4.78, 5) is 11.1. The van der Waals surface area contributed by atoms with Crippen molar-refractivity contribution in [1.29, 1.82) is 5.26 Å². The second-order valence-electron chi connectivity index (χ2n) is 3.88. The van der Waals surface area contributed by atoms with Gasteiger partial charge in [0.2, 0.25) is 0 Å². The molecule has 1 N–H and O–H groups in total. The van der Waals surface area contributed by atoms with Crippen molar-refractivity contribution in [2.45, 2.75) is 6.18 Å². The average Bonchev–Trinajstić information content (AvgIpc) is 2.81. The number of nitriles is 1. The summed E-state index contributed by atoms with van der Waals surface area (Å²) in [6, 6.07) is 7.38. The zero-order valence-corrected chi connectivity index (χ0v) is 9.85. The fourth-order valence-corrected chi connectivity index (χ4v) is 1.86. The van der Waals surface area contributed by atoms with E-state index in [1.165, 1.54) is 12.1 Å². The van der Waals surface area contributed by atoms with E-state index in [-0.39, 0.29) is 11.3 Å². The molecule has 0 bridgehead atoms. The third kappa shape index (κ3) is 2.23. The third-order valence-electron chi connectivity index (χ3n) is 2.68. The van der Waals surface area contributed by atoms with Crippen molar-refractivity contribution in [3.05, 3.63) is 53.3 Å². The topological polar surface area (TPSA) is 66.0 Å². The van der Waals surface area contributed by atoms with Gasteiger partial charge in [-0.05, 0) is 18.2 Å². The number of rotatable bonds is 2. The van der Waals surface area contributed by atoms with Crippen LogP contribution in [0.3, 0.4) is 0 Å². The van der Waals surface area contributed by atoms with E-state index in [4.69, 9.17) is 10.4 Å². The SMILES string of the molecule is N#Cc1ccn(-c2ccccc2C(F)(F)F)c1C(=O)O. The Balaban J connectivity index is 2.74. The molecule has 1 heterocycles. The maximum absolute atomic E-state index is 12.9. The van der Waals surface area contributed by atoms with Crippen molar-refractivity contribution >= 4 is 5.97 Å². The Morgan fingerprint density at radius 1 is 1.25 bits per heavy atom. The van der Waals surface area contributed by atoms with Crippen LogP contribution in [0.15, 0.2) is 36.5 Å². The Hall–Kier alpha value is -2.75. The minimum Gasteiger partial charge on any atom is -0.477 e. The van der Waals surface area contributed by atoms with Crippen LogP contribution in [0.25, 0.3) is 5.69 Å². The molecule has 0 aliphatic rings. The van der Waals surface area contributed by atoms with Gasteiger partial charge in [-0.3, -0.25) is 0 Å². The number of alkyl halides is 3. The highest BCUT2D eigenvalue weighted by molar-refractivity contribution is 5.89. The molecule has 2 rings (SSSR count). The Bertz CT molecular complexity index is 711. The second-order valence-corrected chi connectivity index (χ2v) is 3.88. The van der Waals surface area contributed by atoms with E-state index in [1.807, 2.05) is 0 Å². The quantitative estimate of drug-likeness (QED) is 0.919. The number of para-hydroxylation sites is 1. The molecule has 20 heavy (non-hydrogen) atoms. The number of hydrogen-bond donors (Lipinski definition) is 1. The van der Waals surface area contributed by atoms with E-state index in [1.54, 1.807) is 6.07 Å². The zero-order valence-electron chi connectivity index (χ0n) is 9.85. The number of aromatic carboxylic acids is 1. The van der Waals surface area contributed by atoms with Gasteiger partial charge >= 0.3 is 12.1 Å². The molecule has 7 heteroatoms. The Labute approximate surface area is 111 Å². The first-order valence-electron chi connectivity index (χ1n) is 5.37. The predicted molar refractivity (Wildman–Crippen MR) is 62.4 cm³/mol. The first-order valence-corrected chi connectivity index (χ1v) is 5.37. The lowest BCUT2D eigenvalue weighted by atomic mass is 10.1. The van der Waals surface area contributed by atoms with Crippen molar-refractivity contribution in [2.75, 3.05) is 0 Å². The Kier molecular flexibility index (Phi) is 3.24. The average molecular weight is 280 g/mol. The van der Waals surface area contributed by atoms with Crippen molar-refractivity contribution in [3.8, 4) is 11.8 Å². The Morgan fingerprint density at radius 3 is 2.45 bits per heavy atom. The molecule has 0 aliphatic carbocycles. The number of carboxylic acid groups (broad SMARTS) is 1. The van der Waals surface area contributed by atoms with Gasteiger partial charge in [-0.25, -0.2) is 4.79 Å². The van der Waals surface area contributed by atoms with Crippen LogP contribution in [0, 0.1) is 11.3 Å². The van der Waals surface area contributed by atoms with Crippen LogP contribution in [0.1, 0.15) is 21.6 Å². The van der Waals surface area contributed by atoms with E-state index in [9.17, 15) is 18.0 Å². The lowest BCUT2D eigenvalue weighted by Crippen LogP contribution is -2.14. The third-order valence-corrected chi connectivity index (χ3v) is 2.68. The van der Waals surface area contributed by atoms with Crippen LogP contribution in [-0.2, 0) is 6.18 Å². The Morgan fingerprint density at radius 2 is 1.90 bits per heavy atom. The number of carboxylic acids is 1. The van der Waals surface area contributed by atoms with Crippen LogP contribution in [0.2, 0.25) is 0 Å².